The first-order chi connectivity index (χ1) is 8.13. The van der Waals surface area contributed by atoms with Gasteiger partial charge in [-0.25, -0.2) is 0 Å². The van der Waals surface area contributed by atoms with Crippen LogP contribution in [0.5, 0.6) is 11.5 Å². The minimum atomic E-state index is -0.178. The zero-order chi connectivity index (χ0) is 12.7. The topological polar surface area (TPSA) is 30.5 Å². The van der Waals surface area contributed by atoms with Crippen molar-refractivity contribution in [1.29, 1.82) is 0 Å². The van der Waals surface area contributed by atoms with E-state index in [0.29, 0.717) is 0 Å². The first-order valence-electron chi connectivity index (χ1n) is 6.17. The lowest BCUT2D eigenvalue weighted by molar-refractivity contribution is 0.0839. The summed E-state index contributed by atoms with van der Waals surface area (Å²) in [4.78, 5) is 0. The summed E-state index contributed by atoms with van der Waals surface area (Å²) in [5.74, 6) is 1.68. The lowest BCUT2D eigenvalue weighted by atomic mass is 10.0. The van der Waals surface area contributed by atoms with Crippen molar-refractivity contribution in [3.8, 4) is 11.5 Å². The molecule has 1 atom stereocenters. The zero-order valence-corrected chi connectivity index (χ0v) is 11.2. The van der Waals surface area contributed by atoms with E-state index in [0.717, 1.165) is 31.0 Å². The number of hydrogen-bond donors (Lipinski definition) is 1. The predicted molar refractivity (Wildman–Crippen MR) is 70.9 cm³/mol. The molecule has 0 saturated heterocycles. The van der Waals surface area contributed by atoms with Crippen molar-refractivity contribution in [2.75, 3.05) is 20.2 Å². The molecule has 1 rings (SSSR count). The van der Waals surface area contributed by atoms with E-state index in [2.05, 4.69) is 26.1 Å². The average Bonchev–Trinajstić information content (AvgIpc) is 2.36. The van der Waals surface area contributed by atoms with Gasteiger partial charge in [0.05, 0.1) is 7.11 Å². The number of likely N-dealkylation sites (N-methyl/N-ethyl adjacent to an activating group) is 1. The first kappa shape index (κ1) is 13.8. The van der Waals surface area contributed by atoms with Crippen molar-refractivity contribution >= 4 is 0 Å². The van der Waals surface area contributed by atoms with Gasteiger partial charge >= 0.3 is 0 Å². The van der Waals surface area contributed by atoms with Crippen LogP contribution >= 0.6 is 0 Å². The van der Waals surface area contributed by atoms with E-state index in [9.17, 15) is 0 Å². The van der Waals surface area contributed by atoms with Crippen LogP contribution in [-0.4, -0.2) is 25.8 Å². The Kier molecular flexibility index (Phi) is 5.29. The van der Waals surface area contributed by atoms with E-state index < -0.39 is 0 Å². The quantitative estimate of drug-likeness (QED) is 0.791. The second kappa shape index (κ2) is 6.50. The number of ether oxygens (including phenoxy) is 2. The SMILES string of the molecule is CCNCC(C)(CC)Oc1cccc(OC)c1. The highest BCUT2D eigenvalue weighted by molar-refractivity contribution is 5.33. The minimum absolute atomic E-state index is 0.178. The third kappa shape index (κ3) is 4.27. The molecule has 1 aromatic carbocycles. The average molecular weight is 237 g/mol. The first-order valence-corrected chi connectivity index (χ1v) is 6.17. The molecule has 0 aliphatic carbocycles. The van der Waals surface area contributed by atoms with Crippen LogP contribution in [0, 0.1) is 0 Å². The molecule has 0 fully saturated rings. The Balaban J connectivity index is 2.71. The highest BCUT2D eigenvalue weighted by atomic mass is 16.5. The maximum Gasteiger partial charge on any atom is 0.123 e. The summed E-state index contributed by atoms with van der Waals surface area (Å²) in [6, 6.07) is 7.74. The molecule has 0 heterocycles. The van der Waals surface area contributed by atoms with Crippen LogP contribution in [0.3, 0.4) is 0 Å². The van der Waals surface area contributed by atoms with E-state index >= 15 is 0 Å². The molecule has 0 radical (unpaired) electrons. The largest absolute Gasteiger partial charge is 0.497 e. The number of hydrogen-bond acceptors (Lipinski definition) is 3. The number of rotatable bonds is 7. The van der Waals surface area contributed by atoms with Gasteiger partial charge < -0.3 is 14.8 Å². The molecule has 3 heteroatoms. The summed E-state index contributed by atoms with van der Waals surface area (Å²) < 4.78 is 11.2. The van der Waals surface area contributed by atoms with E-state index in [1.807, 2.05) is 24.3 Å². The molecule has 96 valence electrons. The second-order valence-electron chi connectivity index (χ2n) is 4.36. The maximum absolute atomic E-state index is 6.05. The Morgan fingerprint density at radius 3 is 2.53 bits per heavy atom. The number of benzene rings is 1. The van der Waals surface area contributed by atoms with Crippen molar-refractivity contribution in [2.45, 2.75) is 32.8 Å². The van der Waals surface area contributed by atoms with Gasteiger partial charge in [-0.3, -0.25) is 0 Å². The van der Waals surface area contributed by atoms with Gasteiger partial charge in [0.15, 0.2) is 0 Å². The molecule has 0 spiro atoms. The summed E-state index contributed by atoms with van der Waals surface area (Å²) in [5, 5.41) is 3.33. The number of nitrogens with one attached hydrogen (secondary N) is 1. The molecule has 0 bridgehead atoms. The smallest absolute Gasteiger partial charge is 0.123 e. The molecule has 0 aromatic heterocycles. The summed E-state index contributed by atoms with van der Waals surface area (Å²) in [6.45, 7) is 8.16. The van der Waals surface area contributed by atoms with Gasteiger partial charge in [-0.2, -0.15) is 0 Å². The lowest BCUT2D eigenvalue weighted by Gasteiger charge is -2.30. The third-order valence-corrected chi connectivity index (χ3v) is 2.90. The molecule has 0 saturated carbocycles. The molecule has 0 aliphatic heterocycles. The monoisotopic (exact) mass is 237 g/mol. The standard InChI is InChI=1S/C14H23NO2/c1-5-14(3,11-15-6-2)17-13-9-7-8-12(10-13)16-4/h7-10,15H,5-6,11H2,1-4H3. The Morgan fingerprint density at radius 1 is 1.24 bits per heavy atom. The van der Waals surface area contributed by atoms with Gasteiger partial charge in [0.2, 0.25) is 0 Å². The Labute approximate surface area is 104 Å². The highest BCUT2D eigenvalue weighted by Gasteiger charge is 2.23. The van der Waals surface area contributed by atoms with Crippen LogP contribution in [0.2, 0.25) is 0 Å². The molecule has 0 aliphatic rings. The fraction of sp³-hybridized carbons (Fsp3) is 0.571. The van der Waals surface area contributed by atoms with Gasteiger partial charge in [0, 0.05) is 12.6 Å². The second-order valence-corrected chi connectivity index (χ2v) is 4.36. The van der Waals surface area contributed by atoms with Crippen LogP contribution in [0.4, 0.5) is 0 Å². The van der Waals surface area contributed by atoms with Crippen molar-refractivity contribution in [1.82, 2.24) is 5.32 Å². The summed E-state index contributed by atoms with van der Waals surface area (Å²) in [6.07, 6.45) is 0.956. The van der Waals surface area contributed by atoms with Gasteiger partial charge in [-0.1, -0.05) is 19.9 Å². The predicted octanol–water partition coefficient (Wildman–Crippen LogP) is 2.85. The van der Waals surface area contributed by atoms with Crippen molar-refractivity contribution in [2.24, 2.45) is 0 Å². The van der Waals surface area contributed by atoms with Crippen molar-refractivity contribution < 1.29 is 9.47 Å². The van der Waals surface area contributed by atoms with Crippen LogP contribution in [0.15, 0.2) is 24.3 Å². The summed E-state index contributed by atoms with van der Waals surface area (Å²) in [5.41, 5.74) is -0.178. The molecule has 1 aromatic rings. The van der Waals surface area contributed by atoms with E-state index in [1.165, 1.54) is 0 Å². The Morgan fingerprint density at radius 2 is 1.94 bits per heavy atom. The molecule has 0 amide bonds. The Hall–Kier alpha value is -1.22. The Bertz CT molecular complexity index is 341. The summed E-state index contributed by atoms with van der Waals surface area (Å²) >= 11 is 0. The van der Waals surface area contributed by atoms with Crippen LogP contribution < -0.4 is 14.8 Å². The van der Waals surface area contributed by atoms with Crippen LogP contribution in [-0.2, 0) is 0 Å². The fourth-order valence-electron chi connectivity index (χ4n) is 1.57. The van der Waals surface area contributed by atoms with Gasteiger partial charge in [-0.15, -0.1) is 0 Å². The summed E-state index contributed by atoms with van der Waals surface area (Å²) in [7, 11) is 1.66. The molecular formula is C14H23NO2. The highest BCUT2D eigenvalue weighted by Crippen LogP contribution is 2.24. The molecule has 17 heavy (non-hydrogen) atoms. The van der Waals surface area contributed by atoms with E-state index in [4.69, 9.17) is 9.47 Å². The zero-order valence-electron chi connectivity index (χ0n) is 11.2. The van der Waals surface area contributed by atoms with Crippen molar-refractivity contribution in [3.05, 3.63) is 24.3 Å². The van der Waals surface area contributed by atoms with Gasteiger partial charge in [-0.05, 0) is 32.0 Å². The molecule has 1 N–H and O–H groups in total. The maximum atomic E-state index is 6.05. The van der Waals surface area contributed by atoms with Crippen molar-refractivity contribution in [3.63, 3.8) is 0 Å². The number of methoxy groups -OCH3 is 1. The van der Waals surface area contributed by atoms with Crippen LogP contribution in [0.1, 0.15) is 27.2 Å². The van der Waals surface area contributed by atoms with E-state index in [1.54, 1.807) is 7.11 Å². The normalized spacial score (nSPS) is 14.1. The fourth-order valence-corrected chi connectivity index (χ4v) is 1.57. The molecule has 1 unspecified atom stereocenters. The lowest BCUT2D eigenvalue weighted by Crippen LogP contribution is -2.42. The van der Waals surface area contributed by atoms with Gasteiger partial charge in [0.25, 0.3) is 0 Å². The molecule has 3 nitrogen and oxygen atoms in total. The minimum Gasteiger partial charge on any atom is -0.497 e. The van der Waals surface area contributed by atoms with E-state index in [-0.39, 0.29) is 5.60 Å². The third-order valence-electron chi connectivity index (χ3n) is 2.90. The van der Waals surface area contributed by atoms with Crippen LogP contribution in [0.25, 0.3) is 0 Å². The van der Waals surface area contributed by atoms with Gasteiger partial charge in [0.1, 0.15) is 17.1 Å². The molecular weight excluding hydrogens is 214 g/mol.